The Labute approximate surface area is 114 Å². The molecule has 0 aromatic heterocycles. The quantitative estimate of drug-likeness (QED) is 0.850. The van der Waals surface area contributed by atoms with Crippen molar-refractivity contribution >= 4 is 28.3 Å². The van der Waals surface area contributed by atoms with Crippen LogP contribution in [0.15, 0.2) is 22.7 Å². The molecule has 1 amide bonds. The Hall–Kier alpha value is -1.36. The predicted molar refractivity (Wildman–Crippen MR) is 70.2 cm³/mol. The third kappa shape index (κ3) is 2.56. The van der Waals surface area contributed by atoms with E-state index in [2.05, 4.69) is 15.9 Å². The van der Waals surface area contributed by atoms with Crippen LogP contribution in [0.1, 0.15) is 30.0 Å². The number of amides is 1. The van der Waals surface area contributed by atoms with E-state index in [1.54, 1.807) is 6.07 Å². The van der Waals surface area contributed by atoms with Gasteiger partial charge in [0.25, 0.3) is 0 Å². The van der Waals surface area contributed by atoms with Gasteiger partial charge in [-0.25, -0.2) is 4.79 Å². The van der Waals surface area contributed by atoms with Gasteiger partial charge >= 0.3 is 5.97 Å². The van der Waals surface area contributed by atoms with Crippen LogP contribution in [-0.4, -0.2) is 28.4 Å². The molecule has 96 valence electrons. The van der Waals surface area contributed by atoms with Crippen molar-refractivity contribution in [1.82, 2.24) is 4.90 Å². The molecule has 2 rings (SSSR count). The van der Waals surface area contributed by atoms with E-state index in [0.717, 1.165) is 22.9 Å². The number of aliphatic carboxylic acids is 1. The van der Waals surface area contributed by atoms with Crippen molar-refractivity contribution in [2.75, 3.05) is 0 Å². The Morgan fingerprint density at radius 2 is 2.22 bits per heavy atom. The zero-order valence-corrected chi connectivity index (χ0v) is 11.6. The van der Waals surface area contributed by atoms with Crippen molar-refractivity contribution in [2.45, 2.75) is 31.8 Å². The van der Waals surface area contributed by atoms with Crippen LogP contribution in [0.4, 0.5) is 0 Å². The molecule has 0 bridgehead atoms. The molecule has 18 heavy (non-hydrogen) atoms. The average molecular weight is 312 g/mol. The highest BCUT2D eigenvalue weighted by Crippen LogP contribution is 2.34. The molecule has 1 aliphatic carbocycles. The highest BCUT2D eigenvalue weighted by atomic mass is 79.9. The number of halogens is 1. The monoisotopic (exact) mass is 311 g/mol. The zero-order chi connectivity index (χ0) is 13.3. The number of carboxylic acid groups (broad SMARTS) is 1. The smallest absolute Gasteiger partial charge is 0.331 e. The Morgan fingerprint density at radius 3 is 2.67 bits per heavy atom. The van der Waals surface area contributed by atoms with Gasteiger partial charge in [-0.05, 0) is 37.0 Å². The normalized spacial score (nSPS) is 16.1. The number of nitrogens with zero attached hydrogens (tertiary/aromatic N) is 1. The van der Waals surface area contributed by atoms with Crippen molar-refractivity contribution in [3.8, 4) is 0 Å². The Bertz CT molecular complexity index is 485. The van der Waals surface area contributed by atoms with Gasteiger partial charge in [0, 0.05) is 10.5 Å². The molecule has 1 aromatic carbocycles. The summed E-state index contributed by atoms with van der Waals surface area (Å²) in [5, 5.41) is 9.35. The number of hydrogen-bond acceptors (Lipinski definition) is 2. The summed E-state index contributed by atoms with van der Waals surface area (Å²) in [7, 11) is 0. The summed E-state index contributed by atoms with van der Waals surface area (Å²) in [6.07, 6.45) is 2.42. The molecule has 5 heteroatoms. The summed E-state index contributed by atoms with van der Waals surface area (Å²) in [6, 6.07) is 4.56. The Balaban J connectivity index is 2.36. The average Bonchev–Trinajstić information content (AvgIpc) is 3.13. The lowest BCUT2D eigenvalue weighted by molar-refractivity contribution is -0.147. The molecule has 0 spiro atoms. The molecule has 0 saturated heterocycles. The largest absolute Gasteiger partial charge is 0.479 e. The van der Waals surface area contributed by atoms with E-state index in [9.17, 15) is 14.7 Å². The molecule has 1 saturated carbocycles. The third-order valence-electron chi connectivity index (χ3n) is 3.12. The molecule has 1 N–H and O–H groups in total. The van der Waals surface area contributed by atoms with Gasteiger partial charge in [-0.3, -0.25) is 4.79 Å². The maximum Gasteiger partial charge on any atom is 0.331 e. The topological polar surface area (TPSA) is 57.6 Å². The number of benzene rings is 1. The molecule has 1 aromatic rings. The van der Waals surface area contributed by atoms with Gasteiger partial charge in [0.05, 0.1) is 0 Å². The van der Waals surface area contributed by atoms with Crippen LogP contribution >= 0.6 is 15.9 Å². The first-order chi connectivity index (χ1) is 8.54. The highest BCUT2D eigenvalue weighted by Gasteiger charge is 2.37. The van der Waals surface area contributed by atoms with Gasteiger partial charge in [-0.15, -0.1) is 0 Å². The number of rotatable bonds is 5. The number of carbonyl (C=O) groups excluding carboxylic acids is 1. The van der Waals surface area contributed by atoms with E-state index in [-0.39, 0.29) is 6.04 Å². The van der Waals surface area contributed by atoms with Crippen LogP contribution in [0.25, 0.3) is 0 Å². The fourth-order valence-electron chi connectivity index (χ4n) is 2.01. The fraction of sp³-hybridized carbons (Fsp3) is 0.385. The van der Waals surface area contributed by atoms with E-state index in [1.165, 1.54) is 4.90 Å². The summed E-state index contributed by atoms with van der Waals surface area (Å²) in [5.41, 5.74) is 1.60. The second-order valence-corrected chi connectivity index (χ2v) is 5.39. The minimum Gasteiger partial charge on any atom is -0.479 e. The predicted octanol–water partition coefficient (Wildman–Crippen LogP) is 2.50. The maximum absolute atomic E-state index is 11.4. The van der Waals surface area contributed by atoms with Crippen LogP contribution in [0.3, 0.4) is 0 Å². The van der Waals surface area contributed by atoms with Gasteiger partial charge in [-0.1, -0.05) is 28.1 Å². The van der Waals surface area contributed by atoms with Crippen molar-refractivity contribution in [1.29, 1.82) is 0 Å². The second-order valence-electron chi connectivity index (χ2n) is 4.53. The third-order valence-corrected chi connectivity index (χ3v) is 4.01. The van der Waals surface area contributed by atoms with Crippen LogP contribution in [-0.2, 0) is 9.59 Å². The van der Waals surface area contributed by atoms with Gasteiger partial charge in [-0.2, -0.15) is 0 Å². The van der Waals surface area contributed by atoms with E-state index < -0.39 is 12.0 Å². The Kier molecular flexibility index (Phi) is 3.71. The van der Waals surface area contributed by atoms with E-state index in [4.69, 9.17) is 0 Å². The molecular weight excluding hydrogens is 298 g/mol. The lowest BCUT2D eigenvalue weighted by Crippen LogP contribution is -2.34. The van der Waals surface area contributed by atoms with Crippen molar-refractivity contribution in [3.05, 3.63) is 33.8 Å². The van der Waals surface area contributed by atoms with Gasteiger partial charge in [0.1, 0.15) is 0 Å². The minimum atomic E-state index is -0.990. The van der Waals surface area contributed by atoms with Crippen LogP contribution < -0.4 is 0 Å². The van der Waals surface area contributed by atoms with Crippen LogP contribution in [0, 0.1) is 6.92 Å². The minimum absolute atomic E-state index is 0.0764. The van der Waals surface area contributed by atoms with Crippen molar-refractivity contribution in [3.63, 3.8) is 0 Å². The van der Waals surface area contributed by atoms with Gasteiger partial charge in [0.2, 0.25) is 6.41 Å². The molecule has 1 atom stereocenters. The SMILES string of the molecule is Cc1cc(C(C(=O)O)N(C=O)C2CC2)ccc1Br. The molecule has 0 radical (unpaired) electrons. The summed E-state index contributed by atoms with van der Waals surface area (Å²) < 4.78 is 0.930. The molecule has 1 aliphatic rings. The number of hydrogen-bond donors (Lipinski definition) is 1. The van der Waals surface area contributed by atoms with E-state index in [1.807, 2.05) is 19.1 Å². The maximum atomic E-state index is 11.4. The highest BCUT2D eigenvalue weighted by molar-refractivity contribution is 9.10. The van der Waals surface area contributed by atoms with Crippen molar-refractivity contribution in [2.24, 2.45) is 0 Å². The van der Waals surface area contributed by atoms with Gasteiger partial charge < -0.3 is 10.0 Å². The lowest BCUT2D eigenvalue weighted by Gasteiger charge is -2.25. The number of aryl methyl sites for hydroxylation is 1. The van der Waals surface area contributed by atoms with E-state index in [0.29, 0.717) is 12.0 Å². The number of carbonyl (C=O) groups is 2. The zero-order valence-electron chi connectivity index (χ0n) is 9.97. The summed E-state index contributed by atoms with van der Waals surface area (Å²) in [5.74, 6) is -0.990. The Morgan fingerprint density at radius 1 is 1.56 bits per heavy atom. The van der Waals surface area contributed by atoms with Gasteiger partial charge in [0.15, 0.2) is 6.04 Å². The molecular formula is C13H14BrNO3. The second kappa shape index (κ2) is 5.10. The first-order valence-electron chi connectivity index (χ1n) is 5.76. The van der Waals surface area contributed by atoms with Crippen LogP contribution in [0.5, 0.6) is 0 Å². The molecule has 4 nitrogen and oxygen atoms in total. The fourth-order valence-corrected chi connectivity index (χ4v) is 2.26. The summed E-state index contributed by atoms with van der Waals surface area (Å²) in [6.45, 7) is 1.90. The summed E-state index contributed by atoms with van der Waals surface area (Å²) in [4.78, 5) is 23.9. The summed E-state index contributed by atoms with van der Waals surface area (Å²) >= 11 is 3.38. The first-order valence-corrected chi connectivity index (χ1v) is 6.55. The van der Waals surface area contributed by atoms with Crippen molar-refractivity contribution < 1.29 is 14.7 Å². The lowest BCUT2D eigenvalue weighted by atomic mass is 10.0. The standard InChI is InChI=1S/C13H14BrNO3/c1-8-6-9(2-5-11(8)14)12(13(17)18)15(7-16)10-3-4-10/h2,5-7,10,12H,3-4H2,1H3,(H,17,18). The number of carboxylic acids is 1. The molecule has 0 heterocycles. The molecule has 0 aliphatic heterocycles. The van der Waals surface area contributed by atoms with Crippen LogP contribution in [0.2, 0.25) is 0 Å². The van der Waals surface area contributed by atoms with E-state index >= 15 is 0 Å². The molecule has 1 unspecified atom stereocenters. The first kappa shape index (κ1) is 13.1. The molecule has 1 fully saturated rings.